The van der Waals surface area contributed by atoms with Crippen molar-refractivity contribution < 1.29 is 4.11 Å². The molecule has 298 valence electrons. The molecule has 9 aromatic carbocycles. The maximum absolute atomic E-state index is 10.6. The Bertz CT molecular complexity index is 4050. The van der Waals surface area contributed by atoms with Gasteiger partial charge in [0.05, 0.1) is 53.9 Å². The van der Waals surface area contributed by atoms with E-state index in [0.717, 1.165) is 87.2 Å². The summed E-state index contributed by atoms with van der Waals surface area (Å²) in [7, 11) is 0. The van der Waals surface area contributed by atoms with Gasteiger partial charge in [0.15, 0.2) is 5.82 Å². The average Bonchev–Trinajstić information content (AvgIpc) is 4.11. The molecule has 0 saturated heterocycles. The Balaban J connectivity index is 1.18. The molecule has 64 heavy (non-hydrogen) atoms. The minimum atomic E-state index is -0.0969. The molecule has 14 rings (SSSR count). The summed E-state index contributed by atoms with van der Waals surface area (Å²) >= 11 is 0. The van der Waals surface area contributed by atoms with Crippen LogP contribution in [-0.2, 0) is 0 Å². The van der Waals surface area contributed by atoms with Gasteiger partial charge in [-0.3, -0.25) is 9.13 Å². The van der Waals surface area contributed by atoms with Crippen LogP contribution in [-0.4, -0.2) is 28.2 Å². The van der Waals surface area contributed by atoms with E-state index >= 15 is 0 Å². The van der Waals surface area contributed by atoms with Crippen LogP contribution in [0.5, 0.6) is 0 Å². The molecule has 5 aromatic heterocycles. The van der Waals surface area contributed by atoms with Crippen molar-refractivity contribution in [2.24, 2.45) is 0 Å². The van der Waals surface area contributed by atoms with E-state index in [-0.39, 0.29) is 29.5 Å². The van der Waals surface area contributed by atoms with E-state index in [1.165, 1.54) is 0 Å². The van der Waals surface area contributed by atoms with Crippen LogP contribution >= 0.6 is 0 Å². The normalized spacial score (nSPS) is 12.7. The van der Waals surface area contributed by atoms with Crippen LogP contribution in [0.15, 0.2) is 218 Å². The SMILES string of the molecule is [2H]c1c([2H])c(-n2c3ccccc3c3ccccc32)c([2H])c(-n2c3ccccc3c3ccccc32)c1-c1nc(-n2c3ccccc3c3ccccc32)cc(-n2c3ccccc3c3ccccc32)n1. The molecule has 14 aromatic rings. The minimum absolute atomic E-state index is 0.0818. The maximum Gasteiger partial charge on any atom is 0.166 e. The van der Waals surface area contributed by atoms with Gasteiger partial charge in [-0.25, -0.2) is 9.97 Å². The molecule has 6 heteroatoms. The number of benzene rings is 9. The first-order valence-corrected chi connectivity index (χ1v) is 21.5. The van der Waals surface area contributed by atoms with Gasteiger partial charge in [0.25, 0.3) is 0 Å². The average molecular weight is 820 g/mol. The summed E-state index contributed by atoms with van der Waals surface area (Å²) in [4.78, 5) is 11.0. The molecule has 0 bridgehead atoms. The third-order valence-corrected chi connectivity index (χ3v) is 12.9. The summed E-state index contributed by atoms with van der Waals surface area (Å²) in [5, 5.41) is 8.36. The summed E-state index contributed by atoms with van der Waals surface area (Å²) in [6.07, 6.45) is 0. The molecule has 0 saturated carbocycles. The lowest BCUT2D eigenvalue weighted by atomic mass is 10.1. The number of rotatable bonds is 5. The molecule has 0 radical (unpaired) electrons. The van der Waals surface area contributed by atoms with Gasteiger partial charge in [-0.2, -0.15) is 0 Å². The Morgan fingerprint density at radius 1 is 0.312 bits per heavy atom. The van der Waals surface area contributed by atoms with E-state index in [9.17, 15) is 4.11 Å². The van der Waals surface area contributed by atoms with E-state index in [1.54, 1.807) is 0 Å². The third kappa shape index (κ3) is 4.90. The highest BCUT2D eigenvalue weighted by Gasteiger charge is 2.23. The first-order chi connectivity index (χ1) is 33.0. The van der Waals surface area contributed by atoms with Crippen molar-refractivity contribution in [1.82, 2.24) is 28.2 Å². The van der Waals surface area contributed by atoms with E-state index in [2.05, 4.69) is 123 Å². The van der Waals surface area contributed by atoms with Crippen molar-refractivity contribution in [2.75, 3.05) is 0 Å². The second kappa shape index (κ2) is 13.4. The van der Waals surface area contributed by atoms with Crippen molar-refractivity contribution in [3.63, 3.8) is 0 Å². The Morgan fingerprint density at radius 2 is 0.594 bits per heavy atom. The quantitative estimate of drug-likeness (QED) is 0.174. The van der Waals surface area contributed by atoms with Crippen LogP contribution in [0.1, 0.15) is 4.11 Å². The van der Waals surface area contributed by atoms with Crippen molar-refractivity contribution in [3.05, 3.63) is 218 Å². The van der Waals surface area contributed by atoms with Gasteiger partial charge in [-0.05, 0) is 66.7 Å². The highest BCUT2D eigenvalue weighted by atomic mass is 15.2. The molecule has 0 fully saturated rings. The topological polar surface area (TPSA) is 45.5 Å². The van der Waals surface area contributed by atoms with Gasteiger partial charge in [-0.1, -0.05) is 146 Å². The van der Waals surface area contributed by atoms with Gasteiger partial charge in [-0.15, -0.1) is 0 Å². The molecule has 6 nitrogen and oxygen atoms in total. The van der Waals surface area contributed by atoms with Gasteiger partial charge >= 0.3 is 0 Å². The molecule has 0 unspecified atom stereocenters. The fourth-order valence-electron chi connectivity index (χ4n) is 10.3. The van der Waals surface area contributed by atoms with Crippen molar-refractivity contribution in [2.45, 2.75) is 0 Å². The number of nitrogens with zero attached hydrogens (tertiary/aromatic N) is 6. The second-order valence-electron chi connectivity index (χ2n) is 16.3. The van der Waals surface area contributed by atoms with Gasteiger partial charge in [0.1, 0.15) is 11.6 Å². The van der Waals surface area contributed by atoms with Crippen molar-refractivity contribution >= 4 is 87.2 Å². The Hall–Kier alpha value is -8.74. The van der Waals surface area contributed by atoms with Crippen molar-refractivity contribution in [1.29, 1.82) is 0 Å². The largest absolute Gasteiger partial charge is 0.309 e. The number of hydrogen-bond acceptors (Lipinski definition) is 2. The summed E-state index contributed by atoms with van der Waals surface area (Å²) in [5.74, 6) is 1.42. The molecule has 0 aliphatic rings. The lowest BCUT2D eigenvalue weighted by molar-refractivity contribution is 0.990. The molecule has 5 heterocycles. The van der Waals surface area contributed by atoms with Crippen LogP contribution in [0, 0.1) is 0 Å². The highest BCUT2D eigenvalue weighted by Crippen LogP contribution is 2.41. The molecule has 0 N–H and O–H groups in total. The van der Waals surface area contributed by atoms with E-state index < -0.39 is 0 Å². The predicted octanol–water partition coefficient (Wildman–Crippen LogP) is 14.5. The lowest BCUT2D eigenvalue weighted by Gasteiger charge is -2.18. The number of para-hydroxylation sites is 8. The standard InChI is InChI=1S/C58H36N6/c1-9-25-47-38(17-1)39-18-2-10-26-48(39)61(47)37-33-34-46(55(35-37)62-49-27-11-3-19-40(49)41-20-4-12-28-50(41)62)58-59-56(63-51-29-13-5-21-42(51)43-22-6-14-30-52(43)63)36-57(60-58)64-53-31-15-7-23-44(53)45-24-8-16-32-54(45)64/h1-36H/i33D,34D,35D. The van der Waals surface area contributed by atoms with Crippen LogP contribution in [0.25, 0.3) is 122 Å². The zero-order valence-electron chi connectivity index (χ0n) is 37.2. The first kappa shape index (κ1) is 32.0. The van der Waals surface area contributed by atoms with Crippen LogP contribution in [0.4, 0.5) is 0 Å². The highest BCUT2D eigenvalue weighted by molar-refractivity contribution is 6.12. The number of fused-ring (bicyclic) bond motifs is 12. The molecule has 0 amide bonds. The fraction of sp³-hybridized carbons (Fsp3) is 0. The summed E-state index contributed by atoms with van der Waals surface area (Å²) in [6.45, 7) is 0. The first-order valence-electron chi connectivity index (χ1n) is 23.0. The van der Waals surface area contributed by atoms with Crippen LogP contribution in [0.3, 0.4) is 0 Å². The van der Waals surface area contributed by atoms with Gasteiger partial charge in [0.2, 0.25) is 0 Å². The monoisotopic (exact) mass is 819 g/mol. The molecule has 0 aliphatic carbocycles. The summed E-state index contributed by atoms with van der Waals surface area (Å²) in [5.41, 5.74) is 8.34. The second-order valence-corrected chi connectivity index (χ2v) is 16.3. The Morgan fingerprint density at radius 3 is 0.922 bits per heavy atom. The van der Waals surface area contributed by atoms with E-state index in [4.69, 9.17) is 9.97 Å². The molecular formula is C58H36N6. The Labute approximate surface area is 371 Å². The smallest absolute Gasteiger partial charge is 0.166 e. The number of hydrogen-bond donors (Lipinski definition) is 0. The van der Waals surface area contributed by atoms with Crippen molar-refractivity contribution in [3.8, 4) is 34.4 Å². The van der Waals surface area contributed by atoms with Gasteiger partial charge < -0.3 is 9.13 Å². The molecule has 0 aliphatic heterocycles. The van der Waals surface area contributed by atoms with Crippen LogP contribution < -0.4 is 0 Å². The zero-order valence-corrected chi connectivity index (χ0v) is 34.2. The summed E-state index contributed by atoms with van der Waals surface area (Å²) in [6, 6.07) is 68.0. The third-order valence-electron chi connectivity index (χ3n) is 12.9. The van der Waals surface area contributed by atoms with Crippen LogP contribution in [0.2, 0.25) is 0 Å². The molecule has 0 atom stereocenters. The molecular weight excluding hydrogens is 781 g/mol. The summed E-state index contributed by atoms with van der Waals surface area (Å²) < 4.78 is 39.6. The zero-order chi connectivity index (χ0) is 44.5. The van der Waals surface area contributed by atoms with Gasteiger partial charge in [0, 0.05) is 60.4 Å². The molecule has 0 spiro atoms. The minimum Gasteiger partial charge on any atom is -0.309 e. The maximum atomic E-state index is 10.6. The van der Waals surface area contributed by atoms with E-state index in [0.29, 0.717) is 23.0 Å². The fourth-order valence-corrected chi connectivity index (χ4v) is 10.3. The number of aromatic nitrogens is 6. The van der Waals surface area contributed by atoms with E-state index in [1.807, 2.05) is 95.6 Å². The Kier molecular flexibility index (Phi) is 6.70. The lowest BCUT2D eigenvalue weighted by Crippen LogP contribution is -2.08. The predicted molar refractivity (Wildman–Crippen MR) is 265 cm³/mol.